The van der Waals surface area contributed by atoms with Crippen LogP contribution < -0.4 is 4.90 Å². The summed E-state index contributed by atoms with van der Waals surface area (Å²) in [6.45, 7) is 4.44. The molecule has 1 saturated heterocycles. The third kappa shape index (κ3) is 2.47. The highest BCUT2D eigenvalue weighted by molar-refractivity contribution is 5.93. The van der Waals surface area contributed by atoms with Crippen molar-refractivity contribution in [3.05, 3.63) is 23.9 Å². The second-order valence-corrected chi connectivity index (χ2v) is 4.50. The molecule has 1 aromatic heterocycles. The summed E-state index contributed by atoms with van der Waals surface area (Å²) < 4.78 is 5.55. The fourth-order valence-electron chi connectivity index (χ4n) is 2.20. The van der Waals surface area contributed by atoms with Gasteiger partial charge in [-0.1, -0.05) is 0 Å². The molecule has 2 rings (SSSR count). The fourth-order valence-corrected chi connectivity index (χ4v) is 2.20. The van der Waals surface area contributed by atoms with Crippen molar-refractivity contribution < 1.29 is 9.53 Å². The van der Waals surface area contributed by atoms with Gasteiger partial charge in [-0.3, -0.25) is 4.79 Å². The molecule has 1 aliphatic rings. The molecule has 1 aromatic rings. The van der Waals surface area contributed by atoms with Gasteiger partial charge in [0.25, 0.3) is 0 Å². The fraction of sp³-hybridized carbons (Fsp3) is 0.538. The molecule has 92 valence electrons. The van der Waals surface area contributed by atoms with Gasteiger partial charge >= 0.3 is 0 Å². The minimum Gasteiger partial charge on any atom is -0.376 e. The molecule has 0 saturated carbocycles. The monoisotopic (exact) mass is 234 g/mol. The Hall–Kier alpha value is -1.42. The Morgan fingerprint density at radius 2 is 2.29 bits per heavy atom. The highest BCUT2D eigenvalue weighted by Gasteiger charge is 2.28. The van der Waals surface area contributed by atoms with E-state index >= 15 is 0 Å². The number of nitrogens with zero attached hydrogens (tertiary/aromatic N) is 2. The van der Waals surface area contributed by atoms with Crippen molar-refractivity contribution in [3.8, 4) is 0 Å². The van der Waals surface area contributed by atoms with Crippen LogP contribution in [-0.4, -0.2) is 36.6 Å². The van der Waals surface area contributed by atoms with Gasteiger partial charge < -0.3 is 9.64 Å². The molecule has 0 aliphatic carbocycles. The second-order valence-electron chi connectivity index (χ2n) is 4.50. The van der Waals surface area contributed by atoms with Gasteiger partial charge in [-0.15, -0.1) is 0 Å². The van der Waals surface area contributed by atoms with E-state index < -0.39 is 0 Å². The van der Waals surface area contributed by atoms with Crippen LogP contribution in [0, 0.1) is 0 Å². The van der Waals surface area contributed by atoms with E-state index in [1.807, 2.05) is 19.2 Å². The van der Waals surface area contributed by atoms with Gasteiger partial charge in [0.2, 0.25) is 0 Å². The maximum absolute atomic E-state index is 11.2. The number of anilines is 1. The molecular formula is C13H18N2O2. The number of pyridine rings is 1. The second kappa shape index (κ2) is 4.84. The summed E-state index contributed by atoms with van der Waals surface area (Å²) in [5.41, 5.74) is 0.651. The van der Waals surface area contributed by atoms with Crippen LogP contribution in [0.5, 0.6) is 0 Å². The molecule has 4 nitrogen and oxygen atoms in total. The number of hydrogen-bond donors (Lipinski definition) is 0. The molecule has 1 fully saturated rings. The SMILES string of the molecule is CC(=O)c1ccc(N(C)C2CCOC2C)nc1. The average Bonchev–Trinajstić information content (AvgIpc) is 2.74. The van der Waals surface area contributed by atoms with E-state index in [4.69, 9.17) is 4.74 Å². The molecule has 2 heterocycles. The first kappa shape index (κ1) is 12.0. The molecule has 0 amide bonds. The first-order valence-electron chi connectivity index (χ1n) is 5.91. The minimum atomic E-state index is 0.0456. The van der Waals surface area contributed by atoms with Crippen molar-refractivity contribution in [2.24, 2.45) is 0 Å². The van der Waals surface area contributed by atoms with Crippen molar-refractivity contribution in [3.63, 3.8) is 0 Å². The van der Waals surface area contributed by atoms with E-state index in [0.29, 0.717) is 11.6 Å². The van der Waals surface area contributed by atoms with Crippen molar-refractivity contribution in [2.75, 3.05) is 18.6 Å². The largest absolute Gasteiger partial charge is 0.376 e. The number of likely N-dealkylation sites (N-methyl/N-ethyl adjacent to an activating group) is 1. The Morgan fingerprint density at radius 3 is 2.76 bits per heavy atom. The van der Waals surface area contributed by atoms with Crippen molar-refractivity contribution >= 4 is 11.6 Å². The van der Waals surface area contributed by atoms with Crippen LogP contribution in [0.25, 0.3) is 0 Å². The van der Waals surface area contributed by atoms with Crippen LogP contribution in [0.2, 0.25) is 0 Å². The van der Waals surface area contributed by atoms with E-state index in [-0.39, 0.29) is 11.9 Å². The highest BCUT2D eigenvalue weighted by atomic mass is 16.5. The Kier molecular flexibility index (Phi) is 3.43. The van der Waals surface area contributed by atoms with Gasteiger partial charge in [0.1, 0.15) is 5.82 Å². The lowest BCUT2D eigenvalue weighted by molar-refractivity contribution is 0.101. The molecule has 1 aliphatic heterocycles. The van der Waals surface area contributed by atoms with E-state index in [0.717, 1.165) is 18.8 Å². The standard InChI is InChI=1S/C13H18N2O2/c1-9(16)11-4-5-13(14-8-11)15(3)12-6-7-17-10(12)2/h4-5,8,10,12H,6-7H2,1-3H3. The van der Waals surface area contributed by atoms with Crippen LogP contribution in [0.1, 0.15) is 30.6 Å². The van der Waals surface area contributed by atoms with Gasteiger partial charge in [-0.25, -0.2) is 4.98 Å². The van der Waals surface area contributed by atoms with Crippen LogP contribution in [-0.2, 0) is 4.74 Å². The molecule has 0 aromatic carbocycles. The normalized spacial score (nSPS) is 23.7. The van der Waals surface area contributed by atoms with E-state index in [1.165, 1.54) is 0 Å². The molecule has 0 bridgehead atoms. The van der Waals surface area contributed by atoms with Crippen molar-refractivity contribution in [1.29, 1.82) is 0 Å². The molecule has 0 N–H and O–H groups in total. The first-order chi connectivity index (χ1) is 8.09. The van der Waals surface area contributed by atoms with Gasteiger partial charge in [-0.2, -0.15) is 0 Å². The van der Waals surface area contributed by atoms with Crippen LogP contribution >= 0.6 is 0 Å². The Labute approximate surface area is 102 Å². The maximum atomic E-state index is 11.2. The van der Waals surface area contributed by atoms with Crippen LogP contribution in [0.3, 0.4) is 0 Å². The van der Waals surface area contributed by atoms with Crippen LogP contribution in [0.4, 0.5) is 5.82 Å². The van der Waals surface area contributed by atoms with Gasteiger partial charge in [0, 0.05) is 25.4 Å². The number of hydrogen-bond acceptors (Lipinski definition) is 4. The summed E-state index contributed by atoms with van der Waals surface area (Å²) >= 11 is 0. The van der Waals surface area contributed by atoms with Crippen molar-refractivity contribution in [2.45, 2.75) is 32.4 Å². The van der Waals surface area contributed by atoms with Crippen molar-refractivity contribution in [1.82, 2.24) is 4.98 Å². The summed E-state index contributed by atoms with van der Waals surface area (Å²) in [5, 5.41) is 0. The Morgan fingerprint density at radius 1 is 1.53 bits per heavy atom. The van der Waals surface area contributed by atoms with Gasteiger partial charge in [-0.05, 0) is 32.4 Å². The number of rotatable bonds is 3. The minimum absolute atomic E-state index is 0.0456. The lowest BCUT2D eigenvalue weighted by Gasteiger charge is -2.27. The number of aromatic nitrogens is 1. The molecule has 2 unspecified atom stereocenters. The number of ether oxygens (including phenoxy) is 1. The molecule has 0 radical (unpaired) electrons. The predicted molar refractivity (Wildman–Crippen MR) is 66.5 cm³/mol. The zero-order valence-electron chi connectivity index (χ0n) is 10.5. The molecule has 2 atom stereocenters. The summed E-state index contributed by atoms with van der Waals surface area (Å²) in [4.78, 5) is 17.6. The smallest absolute Gasteiger partial charge is 0.161 e. The van der Waals surface area contributed by atoms with Gasteiger partial charge in [0.05, 0.1) is 12.1 Å². The average molecular weight is 234 g/mol. The lowest BCUT2D eigenvalue weighted by atomic mass is 10.1. The van der Waals surface area contributed by atoms with E-state index in [9.17, 15) is 4.79 Å². The maximum Gasteiger partial charge on any atom is 0.161 e. The van der Waals surface area contributed by atoms with Crippen LogP contribution in [0.15, 0.2) is 18.3 Å². The van der Waals surface area contributed by atoms with E-state index in [1.54, 1.807) is 13.1 Å². The third-order valence-corrected chi connectivity index (χ3v) is 3.35. The highest BCUT2D eigenvalue weighted by Crippen LogP contribution is 2.22. The summed E-state index contributed by atoms with van der Waals surface area (Å²) in [5.74, 6) is 0.932. The summed E-state index contributed by atoms with van der Waals surface area (Å²) in [7, 11) is 2.02. The quantitative estimate of drug-likeness (QED) is 0.749. The lowest BCUT2D eigenvalue weighted by Crippen LogP contribution is -2.37. The van der Waals surface area contributed by atoms with E-state index in [2.05, 4.69) is 16.8 Å². The molecular weight excluding hydrogens is 216 g/mol. The first-order valence-corrected chi connectivity index (χ1v) is 5.91. The number of Topliss-reactive ketones (excluding diaryl/α,β-unsaturated/α-hetero) is 1. The zero-order chi connectivity index (χ0) is 12.4. The predicted octanol–water partition coefficient (Wildman–Crippen LogP) is 1.90. The molecule has 17 heavy (non-hydrogen) atoms. The van der Waals surface area contributed by atoms with Gasteiger partial charge in [0.15, 0.2) is 5.78 Å². The molecule has 0 spiro atoms. The Bertz CT molecular complexity index is 402. The number of carbonyl (C=O) groups excluding carboxylic acids is 1. The topological polar surface area (TPSA) is 42.4 Å². The zero-order valence-corrected chi connectivity index (χ0v) is 10.5. The number of ketones is 1. The Balaban J connectivity index is 2.14. The summed E-state index contributed by atoms with van der Waals surface area (Å²) in [6.07, 6.45) is 2.89. The summed E-state index contributed by atoms with van der Waals surface area (Å²) in [6, 6.07) is 4.08. The third-order valence-electron chi connectivity index (χ3n) is 3.35. The number of carbonyl (C=O) groups is 1. The molecule has 4 heteroatoms.